The van der Waals surface area contributed by atoms with Crippen molar-refractivity contribution in [2.75, 3.05) is 7.11 Å². The lowest BCUT2D eigenvalue weighted by molar-refractivity contribution is 0.414. The van der Waals surface area contributed by atoms with Gasteiger partial charge in [0.25, 0.3) is 0 Å². The third-order valence-electron chi connectivity index (χ3n) is 3.76. The minimum Gasteiger partial charge on any atom is -0.497 e. The zero-order valence-corrected chi connectivity index (χ0v) is 12.4. The van der Waals surface area contributed by atoms with Gasteiger partial charge in [0.2, 0.25) is 0 Å². The van der Waals surface area contributed by atoms with E-state index in [1.54, 1.807) is 7.11 Å². The Hall–Kier alpha value is -1.68. The molecule has 2 aromatic rings. The van der Waals surface area contributed by atoms with Gasteiger partial charge in [-0.3, -0.25) is 0 Å². The second-order valence-electron chi connectivity index (χ2n) is 5.18. The first-order valence-electron chi connectivity index (χ1n) is 7.00. The summed E-state index contributed by atoms with van der Waals surface area (Å²) in [5, 5.41) is 0. The van der Waals surface area contributed by atoms with Gasteiger partial charge in [0.15, 0.2) is 0 Å². The van der Waals surface area contributed by atoms with Crippen LogP contribution in [0.1, 0.15) is 35.5 Å². The molecule has 4 heteroatoms. The van der Waals surface area contributed by atoms with Crippen LogP contribution in [0.3, 0.4) is 0 Å². The van der Waals surface area contributed by atoms with Crippen LogP contribution in [0.25, 0.3) is 0 Å². The monoisotopic (exact) mass is 286 g/mol. The van der Waals surface area contributed by atoms with Crippen molar-refractivity contribution in [3.05, 3.63) is 51.6 Å². The summed E-state index contributed by atoms with van der Waals surface area (Å²) in [7, 11) is 1.68. The molecule has 0 saturated carbocycles. The Morgan fingerprint density at radius 3 is 3.00 bits per heavy atom. The van der Waals surface area contributed by atoms with Crippen LogP contribution in [0.15, 0.2) is 24.3 Å². The van der Waals surface area contributed by atoms with Crippen molar-refractivity contribution < 1.29 is 4.74 Å². The third-order valence-corrected chi connectivity index (χ3v) is 4.10. The van der Waals surface area contributed by atoms with Crippen molar-refractivity contribution in [3.8, 4) is 5.75 Å². The summed E-state index contributed by atoms with van der Waals surface area (Å²) in [6.07, 6.45) is 5.38. The zero-order chi connectivity index (χ0) is 13.9. The topological polar surface area (TPSA) is 37.9 Å². The minimum absolute atomic E-state index is 0.758. The van der Waals surface area contributed by atoms with Gasteiger partial charge < -0.3 is 9.72 Å². The van der Waals surface area contributed by atoms with Crippen LogP contribution in [0.2, 0.25) is 0 Å². The molecule has 0 bridgehead atoms. The molecule has 104 valence electrons. The SMILES string of the molecule is COc1cccc(Cc2nc(=S)c3c([nH]2)CCCC3)c1. The number of nitrogens with one attached hydrogen (secondary N) is 1. The maximum Gasteiger partial charge on any atom is 0.133 e. The van der Waals surface area contributed by atoms with Crippen LogP contribution in [0.4, 0.5) is 0 Å². The molecule has 1 aliphatic rings. The molecule has 0 unspecified atom stereocenters. The van der Waals surface area contributed by atoms with Crippen LogP contribution < -0.4 is 4.74 Å². The van der Waals surface area contributed by atoms with Crippen molar-refractivity contribution >= 4 is 12.2 Å². The molecule has 0 radical (unpaired) electrons. The van der Waals surface area contributed by atoms with E-state index >= 15 is 0 Å². The quantitative estimate of drug-likeness (QED) is 0.876. The molecule has 1 N–H and O–H groups in total. The number of benzene rings is 1. The molecule has 3 rings (SSSR count). The summed E-state index contributed by atoms with van der Waals surface area (Å²) in [5.41, 5.74) is 3.72. The highest BCUT2D eigenvalue weighted by atomic mass is 32.1. The molecule has 1 heterocycles. The van der Waals surface area contributed by atoms with Crippen molar-refractivity contribution in [1.29, 1.82) is 0 Å². The number of hydrogen-bond donors (Lipinski definition) is 1. The fourth-order valence-electron chi connectivity index (χ4n) is 2.73. The van der Waals surface area contributed by atoms with Crippen molar-refractivity contribution in [1.82, 2.24) is 9.97 Å². The average molecular weight is 286 g/mol. The van der Waals surface area contributed by atoms with Gasteiger partial charge >= 0.3 is 0 Å². The highest BCUT2D eigenvalue weighted by molar-refractivity contribution is 7.71. The smallest absolute Gasteiger partial charge is 0.133 e. The summed E-state index contributed by atoms with van der Waals surface area (Å²) >= 11 is 5.44. The number of rotatable bonds is 3. The lowest BCUT2D eigenvalue weighted by atomic mass is 9.97. The Bertz CT molecular complexity index is 678. The number of hydrogen-bond acceptors (Lipinski definition) is 3. The fourth-order valence-corrected chi connectivity index (χ4v) is 3.07. The first-order chi connectivity index (χ1) is 9.76. The maximum absolute atomic E-state index is 5.44. The van der Waals surface area contributed by atoms with Crippen molar-refractivity contribution in [2.24, 2.45) is 0 Å². The van der Waals surface area contributed by atoms with Gasteiger partial charge in [-0.25, -0.2) is 4.98 Å². The number of nitrogens with zero attached hydrogens (tertiary/aromatic N) is 1. The van der Waals surface area contributed by atoms with Gasteiger partial charge in [-0.1, -0.05) is 24.4 Å². The van der Waals surface area contributed by atoms with Crippen LogP contribution in [-0.4, -0.2) is 17.1 Å². The number of aryl methyl sites for hydroxylation is 1. The number of ether oxygens (including phenoxy) is 1. The van der Waals surface area contributed by atoms with Gasteiger partial charge in [0, 0.05) is 17.7 Å². The first-order valence-corrected chi connectivity index (χ1v) is 7.41. The Kier molecular flexibility index (Phi) is 3.83. The minimum atomic E-state index is 0.758. The molecule has 1 aromatic carbocycles. The highest BCUT2D eigenvalue weighted by Crippen LogP contribution is 2.21. The number of aromatic nitrogens is 2. The summed E-state index contributed by atoms with van der Waals surface area (Å²) in [4.78, 5) is 8.03. The van der Waals surface area contributed by atoms with Gasteiger partial charge in [-0.15, -0.1) is 0 Å². The molecule has 0 amide bonds. The molecule has 1 aliphatic carbocycles. The molecule has 0 fully saturated rings. The lowest BCUT2D eigenvalue weighted by Gasteiger charge is -2.16. The van der Waals surface area contributed by atoms with Crippen molar-refractivity contribution in [2.45, 2.75) is 32.1 Å². The zero-order valence-electron chi connectivity index (χ0n) is 11.6. The van der Waals surface area contributed by atoms with Crippen LogP contribution in [0, 0.1) is 4.64 Å². The number of H-pyrrole nitrogens is 1. The van der Waals surface area contributed by atoms with Gasteiger partial charge in [-0.2, -0.15) is 0 Å². The summed E-state index contributed by atoms with van der Waals surface area (Å²) < 4.78 is 6.03. The number of fused-ring (bicyclic) bond motifs is 1. The molecule has 0 spiro atoms. The summed E-state index contributed by atoms with van der Waals surface area (Å²) in [5.74, 6) is 1.82. The largest absolute Gasteiger partial charge is 0.497 e. The van der Waals surface area contributed by atoms with Crippen LogP contribution >= 0.6 is 12.2 Å². The standard InChI is InChI=1S/C16H18N2OS/c1-19-12-6-4-5-11(9-12)10-15-17-14-8-3-2-7-13(14)16(20)18-15/h4-6,9H,2-3,7-8,10H2,1H3,(H,17,18,20). The molecular formula is C16H18N2OS. The molecule has 0 atom stereocenters. The third kappa shape index (κ3) is 2.75. The normalized spacial score (nSPS) is 13.8. The van der Waals surface area contributed by atoms with Crippen LogP contribution in [0.5, 0.6) is 5.75 Å². The van der Waals surface area contributed by atoms with E-state index in [-0.39, 0.29) is 0 Å². The van der Waals surface area contributed by atoms with E-state index in [9.17, 15) is 0 Å². The number of methoxy groups -OCH3 is 1. The van der Waals surface area contributed by atoms with E-state index < -0.39 is 0 Å². The molecule has 3 nitrogen and oxygen atoms in total. The van der Waals surface area contributed by atoms with Crippen molar-refractivity contribution in [3.63, 3.8) is 0 Å². The van der Waals surface area contributed by atoms with E-state index in [0.717, 1.165) is 35.5 Å². The van der Waals surface area contributed by atoms with Gasteiger partial charge in [-0.05, 0) is 43.4 Å². The van der Waals surface area contributed by atoms with E-state index in [1.165, 1.54) is 29.7 Å². The van der Waals surface area contributed by atoms with E-state index in [1.807, 2.05) is 18.2 Å². The Balaban J connectivity index is 1.91. The molecule has 0 aliphatic heterocycles. The highest BCUT2D eigenvalue weighted by Gasteiger charge is 2.13. The predicted molar refractivity (Wildman–Crippen MR) is 81.9 cm³/mol. The molecular weight excluding hydrogens is 268 g/mol. The molecule has 20 heavy (non-hydrogen) atoms. The predicted octanol–water partition coefficient (Wildman–Crippen LogP) is 3.62. The number of aromatic amines is 1. The van der Waals surface area contributed by atoms with Gasteiger partial charge in [0.05, 0.1) is 7.11 Å². The molecule has 0 saturated heterocycles. The lowest BCUT2D eigenvalue weighted by Crippen LogP contribution is -2.10. The van der Waals surface area contributed by atoms with Crippen LogP contribution in [-0.2, 0) is 19.3 Å². The molecule has 1 aromatic heterocycles. The summed E-state index contributed by atoms with van der Waals surface area (Å²) in [6.45, 7) is 0. The van der Waals surface area contributed by atoms with Gasteiger partial charge in [0.1, 0.15) is 16.2 Å². The Morgan fingerprint density at radius 1 is 1.30 bits per heavy atom. The van der Waals surface area contributed by atoms with E-state index in [4.69, 9.17) is 17.0 Å². The summed E-state index contributed by atoms with van der Waals surface area (Å²) in [6, 6.07) is 8.08. The second kappa shape index (κ2) is 5.75. The Morgan fingerprint density at radius 2 is 2.15 bits per heavy atom. The first kappa shape index (κ1) is 13.3. The maximum atomic E-state index is 5.44. The fraction of sp³-hybridized carbons (Fsp3) is 0.375. The second-order valence-corrected chi connectivity index (χ2v) is 5.57. The van der Waals surface area contributed by atoms with E-state index in [0.29, 0.717) is 0 Å². The van der Waals surface area contributed by atoms with E-state index in [2.05, 4.69) is 16.0 Å². The average Bonchev–Trinajstić information content (AvgIpc) is 2.47. The Labute approximate surface area is 124 Å².